The Morgan fingerprint density at radius 2 is 0.616 bits per heavy atom. The fourth-order valence-electron chi connectivity index (χ4n) is 10.0. The van der Waals surface area contributed by atoms with Crippen molar-refractivity contribution in [1.29, 1.82) is 0 Å². The van der Waals surface area contributed by atoms with Crippen molar-refractivity contribution in [2.24, 2.45) is 0 Å². The highest BCUT2D eigenvalue weighted by Gasteiger charge is 2.18. The summed E-state index contributed by atoms with van der Waals surface area (Å²) in [6.07, 6.45) is 92.6. The Labute approximate surface area is 457 Å². The molecular weight excluding hydrogens is 891 g/mol. The molecule has 0 fully saturated rings. The van der Waals surface area contributed by atoms with E-state index in [-0.39, 0.29) is 12.5 Å². The summed E-state index contributed by atoms with van der Waals surface area (Å²) in [5.74, 6) is -0.0700. The van der Waals surface area contributed by atoms with E-state index in [1.807, 2.05) is 6.08 Å². The first-order valence-electron chi connectivity index (χ1n) is 32.7. The SMILES string of the molecule is CC/C=C\C/C=C\C/C=C\C/C=C\CCCCCCCCCCCCCCCCCCCCC(=O)NC(CO)C(O)/C=C/CC/C=C/CCCCCCCCCCCCCCCCCCCCCCCCCC. The highest BCUT2D eigenvalue weighted by Crippen LogP contribution is 2.18. The summed E-state index contributed by atoms with van der Waals surface area (Å²) in [5, 5.41) is 23.2. The van der Waals surface area contributed by atoms with Crippen LogP contribution in [0.3, 0.4) is 0 Å². The van der Waals surface area contributed by atoms with Crippen molar-refractivity contribution in [2.45, 2.75) is 353 Å². The molecule has 3 N–H and O–H groups in total. The summed E-state index contributed by atoms with van der Waals surface area (Å²) in [6, 6.07) is -0.643. The van der Waals surface area contributed by atoms with Crippen molar-refractivity contribution in [3.8, 4) is 0 Å². The van der Waals surface area contributed by atoms with E-state index in [0.29, 0.717) is 6.42 Å². The lowest BCUT2D eigenvalue weighted by molar-refractivity contribution is -0.123. The van der Waals surface area contributed by atoms with Gasteiger partial charge in [-0.25, -0.2) is 0 Å². The highest BCUT2D eigenvalue weighted by atomic mass is 16.3. The standard InChI is InChI=1S/C69H127NO3/c1-3-5-7-9-11-13-15-17-19-21-23-25-27-29-31-33-35-37-39-41-43-45-47-49-51-53-55-57-59-61-63-65-69(73)70-67(66-71)68(72)64-62-60-58-56-54-52-50-48-46-44-42-40-38-36-34-32-30-28-26-24-22-20-18-16-14-12-10-8-6-4-2/h5,7,11,13,17,19,23,25,54,56,62,64,67-68,71-72H,3-4,6,8-10,12,14-16,18,20-22,24,26-53,55,57-61,63,65-66H2,1-2H3,(H,70,73)/b7-5-,13-11-,19-17-,25-23-,56-54+,64-62+. The fraction of sp³-hybridized carbons (Fsp3) is 0.812. The summed E-state index contributed by atoms with van der Waals surface area (Å²) in [5.41, 5.74) is 0. The lowest BCUT2D eigenvalue weighted by atomic mass is 10.0. The first kappa shape index (κ1) is 70.8. The van der Waals surface area contributed by atoms with Crippen LogP contribution in [0.5, 0.6) is 0 Å². The molecule has 0 aromatic rings. The number of hydrogen-bond acceptors (Lipinski definition) is 3. The molecule has 0 rings (SSSR count). The number of aliphatic hydroxyl groups excluding tert-OH is 2. The third kappa shape index (κ3) is 60.6. The van der Waals surface area contributed by atoms with Crippen LogP contribution in [0, 0.1) is 0 Å². The predicted octanol–water partition coefficient (Wildman–Crippen LogP) is 22.1. The second-order valence-corrected chi connectivity index (χ2v) is 22.1. The monoisotopic (exact) mass is 1020 g/mol. The molecule has 0 aliphatic rings. The molecule has 73 heavy (non-hydrogen) atoms. The zero-order valence-electron chi connectivity index (χ0n) is 49.2. The fourth-order valence-corrected chi connectivity index (χ4v) is 10.0. The molecule has 0 saturated heterocycles. The predicted molar refractivity (Wildman–Crippen MR) is 327 cm³/mol. The van der Waals surface area contributed by atoms with E-state index >= 15 is 0 Å². The number of amides is 1. The van der Waals surface area contributed by atoms with E-state index in [0.717, 1.165) is 57.8 Å². The number of aliphatic hydroxyl groups is 2. The Morgan fingerprint density at radius 3 is 0.959 bits per heavy atom. The van der Waals surface area contributed by atoms with E-state index in [2.05, 4.69) is 79.9 Å². The molecule has 4 heteroatoms. The van der Waals surface area contributed by atoms with Crippen LogP contribution in [0.4, 0.5) is 0 Å². The molecule has 426 valence electrons. The molecular formula is C69H127NO3. The number of rotatable bonds is 60. The maximum absolute atomic E-state index is 12.5. The number of hydrogen-bond donors (Lipinski definition) is 3. The van der Waals surface area contributed by atoms with Crippen molar-refractivity contribution >= 4 is 5.91 Å². The molecule has 0 heterocycles. The zero-order chi connectivity index (χ0) is 52.7. The van der Waals surface area contributed by atoms with Gasteiger partial charge in [-0.15, -0.1) is 0 Å². The average Bonchev–Trinajstić information content (AvgIpc) is 3.40. The lowest BCUT2D eigenvalue weighted by Crippen LogP contribution is -2.45. The topological polar surface area (TPSA) is 69.6 Å². The first-order valence-corrected chi connectivity index (χ1v) is 32.7. The van der Waals surface area contributed by atoms with E-state index < -0.39 is 12.1 Å². The van der Waals surface area contributed by atoms with Crippen molar-refractivity contribution in [3.63, 3.8) is 0 Å². The van der Waals surface area contributed by atoms with Crippen molar-refractivity contribution in [1.82, 2.24) is 5.32 Å². The van der Waals surface area contributed by atoms with Gasteiger partial charge in [0.05, 0.1) is 18.8 Å². The molecule has 0 bridgehead atoms. The van der Waals surface area contributed by atoms with Gasteiger partial charge in [-0.05, 0) is 70.6 Å². The second kappa shape index (κ2) is 64.1. The molecule has 4 nitrogen and oxygen atoms in total. The Hall–Kier alpha value is -2.17. The van der Waals surface area contributed by atoms with Gasteiger partial charge in [0.2, 0.25) is 5.91 Å². The smallest absolute Gasteiger partial charge is 0.220 e. The van der Waals surface area contributed by atoms with E-state index in [9.17, 15) is 15.0 Å². The molecule has 0 aromatic carbocycles. The molecule has 0 aliphatic heterocycles. The molecule has 2 unspecified atom stereocenters. The van der Waals surface area contributed by atoms with Gasteiger partial charge in [0.1, 0.15) is 0 Å². The van der Waals surface area contributed by atoms with Crippen LogP contribution in [0.2, 0.25) is 0 Å². The minimum atomic E-state index is -0.866. The van der Waals surface area contributed by atoms with Crippen molar-refractivity contribution in [2.75, 3.05) is 6.61 Å². The van der Waals surface area contributed by atoms with Gasteiger partial charge in [0.15, 0.2) is 0 Å². The maximum Gasteiger partial charge on any atom is 0.220 e. The average molecular weight is 1020 g/mol. The number of nitrogens with one attached hydrogen (secondary N) is 1. The third-order valence-electron chi connectivity index (χ3n) is 14.9. The molecule has 1 amide bonds. The normalized spacial score (nSPS) is 13.2. The molecule has 0 spiro atoms. The van der Waals surface area contributed by atoms with Crippen LogP contribution in [0.1, 0.15) is 341 Å². The Kier molecular flexibility index (Phi) is 62.2. The summed E-state index contributed by atoms with van der Waals surface area (Å²) >= 11 is 0. The van der Waals surface area contributed by atoms with Crippen LogP contribution in [-0.4, -0.2) is 34.9 Å². The summed E-state index contributed by atoms with van der Waals surface area (Å²) in [7, 11) is 0. The van der Waals surface area contributed by atoms with Crippen LogP contribution in [0.15, 0.2) is 72.9 Å². The van der Waals surface area contributed by atoms with Crippen LogP contribution >= 0.6 is 0 Å². The molecule has 0 radical (unpaired) electrons. The van der Waals surface area contributed by atoms with Gasteiger partial charge in [-0.2, -0.15) is 0 Å². The van der Waals surface area contributed by atoms with E-state index in [4.69, 9.17) is 0 Å². The van der Waals surface area contributed by atoms with Gasteiger partial charge in [0, 0.05) is 6.42 Å². The second-order valence-electron chi connectivity index (χ2n) is 22.1. The Bertz CT molecular complexity index is 1250. The maximum atomic E-state index is 12.5. The van der Waals surface area contributed by atoms with Crippen LogP contribution in [-0.2, 0) is 4.79 Å². The van der Waals surface area contributed by atoms with Gasteiger partial charge in [0.25, 0.3) is 0 Å². The number of carbonyl (C=O) groups excluding carboxylic acids is 1. The van der Waals surface area contributed by atoms with Crippen LogP contribution < -0.4 is 5.32 Å². The number of unbranched alkanes of at least 4 members (excludes halogenated alkanes) is 43. The highest BCUT2D eigenvalue weighted by molar-refractivity contribution is 5.76. The minimum absolute atomic E-state index is 0.0700. The zero-order valence-corrected chi connectivity index (χ0v) is 49.2. The van der Waals surface area contributed by atoms with Gasteiger partial charge < -0.3 is 15.5 Å². The van der Waals surface area contributed by atoms with Crippen LogP contribution in [0.25, 0.3) is 0 Å². The lowest BCUT2D eigenvalue weighted by Gasteiger charge is -2.19. The Balaban J connectivity index is 3.48. The largest absolute Gasteiger partial charge is 0.394 e. The minimum Gasteiger partial charge on any atom is -0.394 e. The van der Waals surface area contributed by atoms with E-state index in [1.165, 1.54) is 263 Å². The van der Waals surface area contributed by atoms with Crippen molar-refractivity contribution < 1.29 is 15.0 Å². The molecule has 0 aliphatic carbocycles. The first-order chi connectivity index (χ1) is 36.2. The van der Waals surface area contributed by atoms with Gasteiger partial charge >= 0.3 is 0 Å². The van der Waals surface area contributed by atoms with Gasteiger partial charge in [-0.3, -0.25) is 4.79 Å². The Morgan fingerprint density at radius 1 is 0.342 bits per heavy atom. The molecule has 2 atom stereocenters. The van der Waals surface area contributed by atoms with Crippen molar-refractivity contribution in [3.05, 3.63) is 72.9 Å². The number of allylic oxidation sites excluding steroid dienone is 11. The summed E-state index contributed by atoms with van der Waals surface area (Å²) < 4.78 is 0. The van der Waals surface area contributed by atoms with Gasteiger partial charge in [-0.1, -0.05) is 337 Å². The summed E-state index contributed by atoms with van der Waals surface area (Å²) in [4.78, 5) is 12.5. The third-order valence-corrected chi connectivity index (χ3v) is 14.9. The van der Waals surface area contributed by atoms with E-state index in [1.54, 1.807) is 6.08 Å². The summed E-state index contributed by atoms with van der Waals surface area (Å²) in [6.45, 7) is 4.22. The number of carbonyl (C=O) groups is 1. The molecule has 0 aromatic heterocycles. The molecule has 0 saturated carbocycles. The quantitative estimate of drug-likeness (QED) is 0.0420.